The first-order valence-electron chi connectivity index (χ1n) is 7.17. The van der Waals surface area contributed by atoms with Crippen molar-refractivity contribution in [3.05, 3.63) is 78.5 Å². The number of fused-ring (bicyclic) bond motifs is 2. The van der Waals surface area contributed by atoms with Crippen molar-refractivity contribution in [3.8, 4) is 11.1 Å². The summed E-state index contributed by atoms with van der Waals surface area (Å²) in [7, 11) is 0. The van der Waals surface area contributed by atoms with E-state index in [0.717, 1.165) is 11.2 Å². The van der Waals surface area contributed by atoms with Crippen LogP contribution in [0.1, 0.15) is 5.69 Å². The molecule has 4 rings (SSSR count). The van der Waals surface area contributed by atoms with Crippen molar-refractivity contribution < 1.29 is 0 Å². The fourth-order valence-corrected chi connectivity index (χ4v) is 2.90. The number of pyridine rings is 1. The zero-order valence-corrected chi connectivity index (χ0v) is 11.9. The van der Waals surface area contributed by atoms with E-state index in [2.05, 4.69) is 79.7 Å². The number of aromatic nitrogens is 1. The van der Waals surface area contributed by atoms with Crippen LogP contribution >= 0.6 is 0 Å². The van der Waals surface area contributed by atoms with E-state index >= 15 is 0 Å². The highest BCUT2D eigenvalue weighted by Crippen LogP contribution is 2.31. The summed E-state index contributed by atoms with van der Waals surface area (Å²) >= 11 is 0. The summed E-state index contributed by atoms with van der Waals surface area (Å²) < 4.78 is 0. The standard InChI is InChI=1S/C20H15N/c1-14-11-18(15-7-3-2-4-8-15)19-12-16-9-5-6-10-17(16)13-20(19)21-14/h2-13H,1H3. The number of nitrogens with zero attached hydrogens (tertiary/aromatic N) is 1. The normalized spacial score (nSPS) is 11.1. The van der Waals surface area contributed by atoms with Crippen molar-refractivity contribution in [1.29, 1.82) is 0 Å². The number of rotatable bonds is 1. The van der Waals surface area contributed by atoms with Crippen LogP contribution in [-0.2, 0) is 0 Å². The fraction of sp³-hybridized carbons (Fsp3) is 0.0500. The fourth-order valence-electron chi connectivity index (χ4n) is 2.90. The van der Waals surface area contributed by atoms with E-state index in [1.54, 1.807) is 0 Å². The van der Waals surface area contributed by atoms with Gasteiger partial charge in [0, 0.05) is 11.1 Å². The molecule has 1 heteroatoms. The van der Waals surface area contributed by atoms with Gasteiger partial charge in [-0.3, -0.25) is 4.98 Å². The van der Waals surface area contributed by atoms with Crippen LogP contribution in [-0.4, -0.2) is 4.98 Å². The molecule has 0 bridgehead atoms. The maximum absolute atomic E-state index is 4.71. The third-order valence-electron chi connectivity index (χ3n) is 3.89. The van der Waals surface area contributed by atoms with E-state index in [-0.39, 0.29) is 0 Å². The molecule has 0 spiro atoms. The van der Waals surface area contributed by atoms with Crippen LogP contribution in [0.15, 0.2) is 72.8 Å². The van der Waals surface area contributed by atoms with Gasteiger partial charge in [-0.05, 0) is 47.0 Å². The molecule has 0 aliphatic carbocycles. The van der Waals surface area contributed by atoms with Crippen LogP contribution in [0.5, 0.6) is 0 Å². The largest absolute Gasteiger partial charge is 0.253 e. The zero-order valence-electron chi connectivity index (χ0n) is 11.9. The molecule has 21 heavy (non-hydrogen) atoms. The van der Waals surface area contributed by atoms with E-state index < -0.39 is 0 Å². The lowest BCUT2D eigenvalue weighted by molar-refractivity contribution is 1.26. The molecule has 0 aliphatic heterocycles. The third kappa shape index (κ3) is 2.07. The predicted molar refractivity (Wildman–Crippen MR) is 89.4 cm³/mol. The van der Waals surface area contributed by atoms with E-state index in [1.807, 2.05) is 0 Å². The zero-order chi connectivity index (χ0) is 14.2. The van der Waals surface area contributed by atoms with Gasteiger partial charge in [-0.1, -0.05) is 54.6 Å². The Bertz CT molecular complexity index is 940. The molecule has 1 heterocycles. The maximum atomic E-state index is 4.71. The highest BCUT2D eigenvalue weighted by molar-refractivity contribution is 6.03. The van der Waals surface area contributed by atoms with Gasteiger partial charge in [-0.25, -0.2) is 0 Å². The Balaban J connectivity index is 2.12. The Kier molecular flexibility index (Phi) is 2.71. The summed E-state index contributed by atoms with van der Waals surface area (Å²) in [6.07, 6.45) is 0. The Morgan fingerprint density at radius 3 is 2.14 bits per heavy atom. The summed E-state index contributed by atoms with van der Waals surface area (Å²) in [5.41, 5.74) is 4.61. The average molecular weight is 269 g/mol. The van der Waals surface area contributed by atoms with E-state index in [1.165, 1.54) is 27.3 Å². The summed E-state index contributed by atoms with van der Waals surface area (Å²) in [5, 5.41) is 3.71. The van der Waals surface area contributed by atoms with Gasteiger partial charge >= 0.3 is 0 Å². The molecule has 0 radical (unpaired) electrons. The van der Waals surface area contributed by atoms with Crippen LogP contribution in [0.2, 0.25) is 0 Å². The Hall–Kier alpha value is -2.67. The first-order valence-corrected chi connectivity index (χ1v) is 7.17. The Morgan fingerprint density at radius 1 is 0.714 bits per heavy atom. The van der Waals surface area contributed by atoms with Gasteiger partial charge in [0.15, 0.2) is 0 Å². The third-order valence-corrected chi connectivity index (χ3v) is 3.89. The second-order valence-corrected chi connectivity index (χ2v) is 5.39. The lowest BCUT2D eigenvalue weighted by Gasteiger charge is -2.10. The number of aryl methyl sites for hydroxylation is 1. The molecule has 0 saturated heterocycles. The lowest BCUT2D eigenvalue weighted by Crippen LogP contribution is -1.89. The summed E-state index contributed by atoms with van der Waals surface area (Å²) in [4.78, 5) is 4.71. The van der Waals surface area contributed by atoms with Gasteiger partial charge in [0.2, 0.25) is 0 Å². The average Bonchev–Trinajstić information content (AvgIpc) is 2.53. The minimum atomic E-state index is 1.05. The van der Waals surface area contributed by atoms with E-state index in [0.29, 0.717) is 0 Å². The molecular formula is C20H15N. The monoisotopic (exact) mass is 269 g/mol. The van der Waals surface area contributed by atoms with Crippen molar-refractivity contribution in [3.63, 3.8) is 0 Å². The van der Waals surface area contributed by atoms with Gasteiger partial charge in [0.25, 0.3) is 0 Å². The molecule has 1 aromatic heterocycles. The Labute approximate surface area is 123 Å². The number of hydrogen-bond acceptors (Lipinski definition) is 1. The molecule has 4 aromatic rings. The molecule has 0 N–H and O–H groups in total. The molecule has 100 valence electrons. The molecule has 0 fully saturated rings. The minimum absolute atomic E-state index is 1.05. The molecule has 0 amide bonds. The van der Waals surface area contributed by atoms with Crippen molar-refractivity contribution >= 4 is 21.7 Å². The quantitative estimate of drug-likeness (QED) is 0.424. The van der Waals surface area contributed by atoms with Crippen molar-refractivity contribution in [1.82, 2.24) is 4.98 Å². The molecule has 3 aromatic carbocycles. The van der Waals surface area contributed by atoms with Crippen LogP contribution in [0.4, 0.5) is 0 Å². The topological polar surface area (TPSA) is 12.9 Å². The van der Waals surface area contributed by atoms with Crippen LogP contribution in [0, 0.1) is 6.92 Å². The molecule has 0 atom stereocenters. The van der Waals surface area contributed by atoms with Gasteiger partial charge in [-0.2, -0.15) is 0 Å². The molecule has 0 unspecified atom stereocenters. The van der Waals surface area contributed by atoms with Crippen molar-refractivity contribution in [2.45, 2.75) is 6.92 Å². The van der Waals surface area contributed by atoms with E-state index in [4.69, 9.17) is 4.98 Å². The van der Waals surface area contributed by atoms with E-state index in [9.17, 15) is 0 Å². The van der Waals surface area contributed by atoms with Crippen molar-refractivity contribution in [2.24, 2.45) is 0 Å². The highest BCUT2D eigenvalue weighted by atomic mass is 14.7. The molecular weight excluding hydrogens is 254 g/mol. The van der Waals surface area contributed by atoms with Gasteiger partial charge < -0.3 is 0 Å². The maximum Gasteiger partial charge on any atom is 0.0717 e. The first kappa shape index (κ1) is 12.1. The summed E-state index contributed by atoms with van der Waals surface area (Å²) in [5.74, 6) is 0. The van der Waals surface area contributed by atoms with Crippen molar-refractivity contribution in [2.75, 3.05) is 0 Å². The van der Waals surface area contributed by atoms with Gasteiger partial charge in [0.05, 0.1) is 5.52 Å². The first-order chi connectivity index (χ1) is 10.3. The predicted octanol–water partition coefficient (Wildman–Crippen LogP) is 5.36. The van der Waals surface area contributed by atoms with Crippen LogP contribution in [0.3, 0.4) is 0 Å². The van der Waals surface area contributed by atoms with Gasteiger partial charge in [0.1, 0.15) is 0 Å². The second-order valence-electron chi connectivity index (χ2n) is 5.39. The summed E-state index contributed by atoms with van der Waals surface area (Å²) in [6.45, 7) is 2.06. The molecule has 0 saturated carbocycles. The van der Waals surface area contributed by atoms with Crippen LogP contribution < -0.4 is 0 Å². The SMILES string of the molecule is Cc1cc(-c2ccccc2)c2cc3ccccc3cc2n1. The number of hydrogen-bond donors (Lipinski definition) is 0. The molecule has 0 aliphatic rings. The smallest absolute Gasteiger partial charge is 0.0717 e. The van der Waals surface area contributed by atoms with Gasteiger partial charge in [-0.15, -0.1) is 0 Å². The molecule has 1 nitrogen and oxygen atoms in total. The highest BCUT2D eigenvalue weighted by Gasteiger charge is 2.07. The summed E-state index contributed by atoms with van der Waals surface area (Å²) in [6, 6.07) is 25.6. The minimum Gasteiger partial charge on any atom is -0.253 e. The second kappa shape index (κ2) is 4.71. The van der Waals surface area contributed by atoms with Crippen LogP contribution in [0.25, 0.3) is 32.8 Å². The number of benzene rings is 3. The lowest BCUT2D eigenvalue weighted by atomic mass is 9.98. The Morgan fingerprint density at radius 2 is 1.38 bits per heavy atom.